The molecule has 0 spiro atoms. The van der Waals surface area contributed by atoms with Gasteiger partial charge in [0.1, 0.15) is 11.4 Å². The minimum Gasteiger partial charge on any atom is -0.508 e. The molecule has 0 atom stereocenters. The van der Waals surface area contributed by atoms with Crippen molar-refractivity contribution in [1.82, 2.24) is 19.5 Å². The second kappa shape index (κ2) is 5.00. The lowest BCUT2D eigenvalue weighted by molar-refractivity contribution is 0.475. The van der Waals surface area contributed by atoms with E-state index in [1.807, 2.05) is 23.9 Å². The van der Waals surface area contributed by atoms with Crippen LogP contribution in [0.25, 0.3) is 11.5 Å². The molecule has 20 heavy (non-hydrogen) atoms. The third kappa shape index (κ3) is 2.44. The van der Waals surface area contributed by atoms with E-state index in [4.69, 9.17) is 0 Å². The molecular formula is C14H13N5O. The Bertz CT molecular complexity index is 738. The van der Waals surface area contributed by atoms with Crippen LogP contribution in [0.15, 0.2) is 48.9 Å². The molecule has 0 saturated heterocycles. The highest BCUT2D eigenvalue weighted by molar-refractivity contribution is 5.58. The molecule has 2 N–H and O–H groups in total. The molecule has 0 fully saturated rings. The van der Waals surface area contributed by atoms with Crippen molar-refractivity contribution in [2.45, 2.75) is 0 Å². The highest BCUT2D eigenvalue weighted by Crippen LogP contribution is 2.20. The highest BCUT2D eigenvalue weighted by Gasteiger charge is 2.06. The Labute approximate surface area is 115 Å². The number of hydrogen-bond acceptors (Lipinski definition) is 5. The first-order chi connectivity index (χ1) is 9.72. The van der Waals surface area contributed by atoms with Gasteiger partial charge in [0, 0.05) is 37.4 Å². The summed E-state index contributed by atoms with van der Waals surface area (Å²) in [6.45, 7) is 0. The molecule has 0 saturated carbocycles. The van der Waals surface area contributed by atoms with Crippen molar-refractivity contribution in [3.05, 3.63) is 48.9 Å². The summed E-state index contributed by atoms with van der Waals surface area (Å²) >= 11 is 0. The fourth-order valence-electron chi connectivity index (χ4n) is 1.87. The number of phenolic OH excluding ortho intramolecular Hbond substituents is 1. The van der Waals surface area contributed by atoms with Gasteiger partial charge in [-0.2, -0.15) is 0 Å². The first-order valence-electron chi connectivity index (χ1n) is 6.09. The quantitative estimate of drug-likeness (QED) is 0.761. The van der Waals surface area contributed by atoms with E-state index in [1.165, 1.54) is 0 Å². The van der Waals surface area contributed by atoms with Crippen molar-refractivity contribution < 1.29 is 5.11 Å². The Kier molecular flexibility index (Phi) is 3.04. The summed E-state index contributed by atoms with van der Waals surface area (Å²) in [4.78, 5) is 12.8. The number of aromatic hydroxyl groups is 1. The molecule has 0 amide bonds. The molecule has 6 heteroatoms. The minimum atomic E-state index is 0.190. The van der Waals surface area contributed by atoms with Crippen LogP contribution in [0.1, 0.15) is 0 Å². The predicted octanol–water partition coefficient (Wildman–Crippen LogP) is 2.33. The number of imidazole rings is 1. The molecule has 1 aromatic carbocycles. The number of nitrogens with zero attached hydrogens (tertiary/aromatic N) is 4. The van der Waals surface area contributed by atoms with E-state index in [-0.39, 0.29) is 5.75 Å². The van der Waals surface area contributed by atoms with Crippen LogP contribution in [0.3, 0.4) is 0 Å². The van der Waals surface area contributed by atoms with Crippen molar-refractivity contribution in [2.24, 2.45) is 7.05 Å². The number of phenols is 1. The molecule has 0 radical (unpaired) electrons. The molecule has 0 bridgehead atoms. The molecule has 0 aliphatic heterocycles. The number of hydrogen-bond donors (Lipinski definition) is 2. The second-order valence-corrected chi connectivity index (χ2v) is 4.30. The second-order valence-electron chi connectivity index (χ2n) is 4.30. The summed E-state index contributed by atoms with van der Waals surface area (Å²) in [5, 5.41) is 12.5. The number of nitrogens with one attached hydrogen (secondary N) is 1. The Morgan fingerprint density at radius 3 is 2.80 bits per heavy atom. The Hall–Kier alpha value is -2.89. The van der Waals surface area contributed by atoms with Crippen molar-refractivity contribution in [3.8, 4) is 17.3 Å². The molecule has 3 rings (SSSR count). The van der Waals surface area contributed by atoms with Gasteiger partial charge in [-0.1, -0.05) is 6.07 Å². The van der Waals surface area contributed by atoms with Gasteiger partial charge in [0.2, 0.25) is 5.95 Å². The lowest BCUT2D eigenvalue weighted by atomic mass is 10.3. The van der Waals surface area contributed by atoms with Gasteiger partial charge in [-0.15, -0.1) is 0 Å². The van der Waals surface area contributed by atoms with Gasteiger partial charge >= 0.3 is 0 Å². The average molecular weight is 267 g/mol. The zero-order valence-electron chi connectivity index (χ0n) is 10.9. The van der Waals surface area contributed by atoms with E-state index >= 15 is 0 Å². The summed E-state index contributed by atoms with van der Waals surface area (Å²) in [6, 6.07) is 8.60. The van der Waals surface area contributed by atoms with Crippen molar-refractivity contribution in [3.63, 3.8) is 0 Å². The number of anilines is 2. The maximum atomic E-state index is 9.44. The molecular weight excluding hydrogens is 254 g/mol. The van der Waals surface area contributed by atoms with Crippen LogP contribution in [-0.4, -0.2) is 24.6 Å². The normalized spacial score (nSPS) is 10.4. The van der Waals surface area contributed by atoms with Crippen LogP contribution in [0.4, 0.5) is 11.6 Å². The zero-order chi connectivity index (χ0) is 13.9. The average Bonchev–Trinajstić information content (AvgIpc) is 2.85. The molecule has 0 unspecified atom stereocenters. The number of aryl methyl sites for hydroxylation is 1. The van der Waals surface area contributed by atoms with Gasteiger partial charge in [0.25, 0.3) is 0 Å². The maximum Gasteiger partial charge on any atom is 0.227 e. The summed E-state index contributed by atoms with van der Waals surface area (Å²) in [7, 11) is 1.91. The van der Waals surface area contributed by atoms with Gasteiger partial charge in [0.05, 0.1) is 0 Å². The highest BCUT2D eigenvalue weighted by atomic mass is 16.3. The minimum absolute atomic E-state index is 0.190. The summed E-state index contributed by atoms with van der Waals surface area (Å²) in [6.07, 6.45) is 5.25. The van der Waals surface area contributed by atoms with E-state index in [2.05, 4.69) is 20.3 Å². The van der Waals surface area contributed by atoms with E-state index < -0.39 is 0 Å². The largest absolute Gasteiger partial charge is 0.508 e. The molecule has 100 valence electrons. The van der Waals surface area contributed by atoms with Crippen molar-refractivity contribution in [1.29, 1.82) is 0 Å². The zero-order valence-corrected chi connectivity index (χ0v) is 10.9. The predicted molar refractivity (Wildman–Crippen MR) is 75.6 cm³/mol. The standard InChI is InChI=1S/C14H13N5O/c1-19-8-7-15-13(19)12-5-6-16-14(18-12)17-10-3-2-4-11(20)9-10/h2-9,20H,1H3,(H,16,17,18). The Morgan fingerprint density at radius 1 is 1.15 bits per heavy atom. The van der Waals surface area contributed by atoms with Gasteiger partial charge in [-0.25, -0.2) is 15.0 Å². The van der Waals surface area contributed by atoms with Crippen LogP contribution in [-0.2, 0) is 7.05 Å². The first kappa shape index (κ1) is 12.2. The topological polar surface area (TPSA) is 75.9 Å². The van der Waals surface area contributed by atoms with Gasteiger partial charge in [-0.3, -0.25) is 0 Å². The Balaban J connectivity index is 1.90. The van der Waals surface area contributed by atoms with Crippen molar-refractivity contribution >= 4 is 11.6 Å². The summed E-state index contributed by atoms with van der Waals surface area (Å²) in [5.74, 6) is 1.41. The Morgan fingerprint density at radius 2 is 2.05 bits per heavy atom. The number of rotatable bonds is 3. The van der Waals surface area contributed by atoms with Gasteiger partial charge < -0.3 is 15.0 Å². The molecule has 3 aromatic rings. The molecule has 6 nitrogen and oxygen atoms in total. The number of benzene rings is 1. The summed E-state index contributed by atoms with van der Waals surface area (Å²) in [5.41, 5.74) is 1.46. The fraction of sp³-hybridized carbons (Fsp3) is 0.0714. The van der Waals surface area contributed by atoms with E-state index in [0.29, 0.717) is 5.95 Å². The molecule has 0 aliphatic carbocycles. The van der Waals surface area contributed by atoms with E-state index in [9.17, 15) is 5.11 Å². The van der Waals surface area contributed by atoms with Gasteiger partial charge in [0.15, 0.2) is 5.82 Å². The molecule has 2 heterocycles. The third-order valence-corrected chi connectivity index (χ3v) is 2.81. The third-order valence-electron chi connectivity index (χ3n) is 2.81. The fourth-order valence-corrected chi connectivity index (χ4v) is 1.87. The first-order valence-corrected chi connectivity index (χ1v) is 6.09. The van der Waals surface area contributed by atoms with Crippen LogP contribution >= 0.6 is 0 Å². The lowest BCUT2D eigenvalue weighted by Crippen LogP contribution is -2.00. The summed E-state index contributed by atoms with van der Waals surface area (Å²) < 4.78 is 1.89. The monoisotopic (exact) mass is 267 g/mol. The van der Waals surface area contributed by atoms with Crippen LogP contribution in [0, 0.1) is 0 Å². The van der Waals surface area contributed by atoms with Crippen LogP contribution < -0.4 is 5.32 Å². The van der Waals surface area contributed by atoms with Crippen LogP contribution in [0.5, 0.6) is 5.75 Å². The molecule has 2 aromatic heterocycles. The van der Waals surface area contributed by atoms with Crippen molar-refractivity contribution in [2.75, 3.05) is 5.32 Å². The smallest absolute Gasteiger partial charge is 0.227 e. The van der Waals surface area contributed by atoms with Gasteiger partial charge in [-0.05, 0) is 18.2 Å². The SMILES string of the molecule is Cn1ccnc1-c1ccnc(Nc2cccc(O)c2)n1. The van der Waals surface area contributed by atoms with Crippen LogP contribution in [0.2, 0.25) is 0 Å². The number of aromatic nitrogens is 4. The van der Waals surface area contributed by atoms with E-state index in [0.717, 1.165) is 17.2 Å². The van der Waals surface area contributed by atoms with E-state index in [1.54, 1.807) is 36.7 Å². The lowest BCUT2D eigenvalue weighted by Gasteiger charge is -2.06. The maximum absolute atomic E-state index is 9.44. The molecule has 0 aliphatic rings.